The summed E-state index contributed by atoms with van der Waals surface area (Å²) in [6.45, 7) is 4.47. The lowest BCUT2D eigenvalue weighted by molar-refractivity contribution is -0.160. The first-order valence-electron chi connectivity index (χ1n) is 6.53. The van der Waals surface area contributed by atoms with Crippen molar-refractivity contribution in [2.75, 3.05) is 13.1 Å². The summed E-state index contributed by atoms with van der Waals surface area (Å²) in [5.74, 6) is -2.22. The molecule has 1 fully saturated rings. The Morgan fingerprint density at radius 3 is 2.37 bits per heavy atom. The number of hydrogen-bond acceptors (Lipinski definition) is 3. The predicted molar refractivity (Wildman–Crippen MR) is 67.0 cm³/mol. The summed E-state index contributed by atoms with van der Waals surface area (Å²) in [5, 5.41) is 11.0. The highest BCUT2D eigenvalue weighted by Crippen LogP contribution is 2.32. The molecular weight excluding hydrogens is 259 g/mol. The Morgan fingerprint density at radius 1 is 1.42 bits per heavy atom. The van der Waals surface area contributed by atoms with E-state index in [1.54, 1.807) is 0 Å². The molecule has 0 radical (unpaired) electrons. The molecular formula is C12H22F3N3O. The van der Waals surface area contributed by atoms with Crippen LogP contribution < -0.4 is 5.73 Å². The van der Waals surface area contributed by atoms with E-state index in [1.807, 2.05) is 18.7 Å². The van der Waals surface area contributed by atoms with Crippen LogP contribution in [-0.4, -0.2) is 41.3 Å². The Labute approximate surface area is 111 Å². The standard InChI is InChI=1S/C12H22F3N3O/c1-8(2)5-6-18(9-3-4-9)7-10(11(16)17-19)12(13,14)15/h8-10,19H,3-7H2,1-2H3,(H2,16,17). The van der Waals surface area contributed by atoms with E-state index in [1.165, 1.54) is 0 Å². The summed E-state index contributed by atoms with van der Waals surface area (Å²) in [4.78, 5) is 1.82. The van der Waals surface area contributed by atoms with Crippen molar-refractivity contribution in [1.82, 2.24) is 4.90 Å². The lowest BCUT2D eigenvalue weighted by atomic mass is 10.1. The molecule has 1 unspecified atom stereocenters. The van der Waals surface area contributed by atoms with Gasteiger partial charge in [0, 0.05) is 12.6 Å². The first kappa shape index (κ1) is 16.1. The van der Waals surface area contributed by atoms with Crippen molar-refractivity contribution in [3.8, 4) is 0 Å². The minimum Gasteiger partial charge on any atom is -0.409 e. The molecule has 1 rings (SSSR count). The zero-order valence-electron chi connectivity index (χ0n) is 11.3. The fourth-order valence-corrected chi connectivity index (χ4v) is 1.96. The molecule has 0 aromatic carbocycles. The van der Waals surface area contributed by atoms with E-state index in [-0.39, 0.29) is 12.6 Å². The molecule has 1 aliphatic carbocycles. The van der Waals surface area contributed by atoms with Crippen LogP contribution in [0.15, 0.2) is 5.16 Å². The maximum atomic E-state index is 12.9. The van der Waals surface area contributed by atoms with Crippen molar-refractivity contribution in [1.29, 1.82) is 0 Å². The highest BCUT2D eigenvalue weighted by molar-refractivity contribution is 5.83. The number of amidine groups is 1. The molecule has 0 bridgehead atoms. The van der Waals surface area contributed by atoms with Gasteiger partial charge in [-0.15, -0.1) is 0 Å². The van der Waals surface area contributed by atoms with Crippen LogP contribution in [0.3, 0.4) is 0 Å². The van der Waals surface area contributed by atoms with E-state index in [0.717, 1.165) is 19.3 Å². The Kier molecular flexibility index (Phi) is 5.46. The molecule has 1 saturated carbocycles. The molecule has 1 aliphatic rings. The van der Waals surface area contributed by atoms with Gasteiger partial charge in [-0.05, 0) is 31.7 Å². The molecule has 4 nitrogen and oxygen atoms in total. The Balaban J connectivity index is 2.68. The van der Waals surface area contributed by atoms with Crippen molar-refractivity contribution in [3.63, 3.8) is 0 Å². The van der Waals surface area contributed by atoms with Crippen LogP contribution in [0.5, 0.6) is 0 Å². The minimum atomic E-state index is -4.48. The molecule has 19 heavy (non-hydrogen) atoms. The molecule has 0 saturated heterocycles. The second-order valence-electron chi connectivity index (χ2n) is 5.53. The van der Waals surface area contributed by atoms with Gasteiger partial charge in [-0.25, -0.2) is 0 Å². The van der Waals surface area contributed by atoms with E-state index in [2.05, 4.69) is 5.16 Å². The maximum absolute atomic E-state index is 12.9. The number of nitrogens with zero attached hydrogens (tertiary/aromatic N) is 2. The number of rotatable bonds is 7. The summed E-state index contributed by atoms with van der Waals surface area (Å²) in [7, 11) is 0. The summed E-state index contributed by atoms with van der Waals surface area (Å²) >= 11 is 0. The molecule has 0 heterocycles. The summed E-state index contributed by atoms with van der Waals surface area (Å²) < 4.78 is 38.7. The van der Waals surface area contributed by atoms with Crippen molar-refractivity contribution >= 4 is 5.84 Å². The highest BCUT2D eigenvalue weighted by Gasteiger charge is 2.45. The molecule has 0 spiro atoms. The third-order valence-electron chi connectivity index (χ3n) is 3.34. The summed E-state index contributed by atoms with van der Waals surface area (Å²) in [6, 6.07) is 0.218. The van der Waals surface area contributed by atoms with Crippen LogP contribution in [-0.2, 0) is 0 Å². The molecule has 7 heteroatoms. The second-order valence-corrected chi connectivity index (χ2v) is 5.53. The van der Waals surface area contributed by atoms with E-state index in [4.69, 9.17) is 10.9 Å². The molecule has 0 aromatic heterocycles. The summed E-state index contributed by atoms with van der Waals surface area (Å²) in [6.07, 6.45) is -1.78. The Bertz CT molecular complexity index is 314. The van der Waals surface area contributed by atoms with Crippen LogP contribution in [0.1, 0.15) is 33.1 Å². The molecule has 3 N–H and O–H groups in total. The lowest BCUT2D eigenvalue weighted by Crippen LogP contribution is -2.45. The molecule has 0 amide bonds. The maximum Gasteiger partial charge on any atom is 0.400 e. The quantitative estimate of drug-likeness (QED) is 0.326. The second kappa shape index (κ2) is 6.45. The fourth-order valence-electron chi connectivity index (χ4n) is 1.96. The third-order valence-corrected chi connectivity index (χ3v) is 3.34. The topological polar surface area (TPSA) is 61.8 Å². The fraction of sp³-hybridized carbons (Fsp3) is 0.917. The molecule has 112 valence electrons. The highest BCUT2D eigenvalue weighted by atomic mass is 19.4. The smallest absolute Gasteiger partial charge is 0.400 e. The van der Waals surface area contributed by atoms with E-state index >= 15 is 0 Å². The zero-order chi connectivity index (χ0) is 14.6. The van der Waals surface area contributed by atoms with Gasteiger partial charge < -0.3 is 10.9 Å². The summed E-state index contributed by atoms with van der Waals surface area (Å²) in [5.41, 5.74) is 5.18. The Hall–Kier alpha value is -0.980. The van der Waals surface area contributed by atoms with Gasteiger partial charge in [0.05, 0.1) is 0 Å². The minimum absolute atomic E-state index is 0.218. The Morgan fingerprint density at radius 2 is 2.00 bits per heavy atom. The number of nitrogens with two attached hydrogens (primary N) is 1. The first-order valence-corrected chi connectivity index (χ1v) is 6.53. The molecule has 1 atom stereocenters. The molecule has 0 aliphatic heterocycles. The van der Waals surface area contributed by atoms with Crippen LogP contribution >= 0.6 is 0 Å². The van der Waals surface area contributed by atoms with Crippen molar-refractivity contribution < 1.29 is 18.4 Å². The van der Waals surface area contributed by atoms with Gasteiger partial charge in [0.1, 0.15) is 5.92 Å². The van der Waals surface area contributed by atoms with E-state index < -0.39 is 17.9 Å². The van der Waals surface area contributed by atoms with Crippen LogP contribution in [0.4, 0.5) is 13.2 Å². The lowest BCUT2D eigenvalue weighted by Gasteiger charge is -2.28. The zero-order valence-corrected chi connectivity index (χ0v) is 11.3. The van der Waals surface area contributed by atoms with E-state index in [9.17, 15) is 13.2 Å². The largest absolute Gasteiger partial charge is 0.409 e. The van der Waals surface area contributed by atoms with Gasteiger partial charge in [-0.2, -0.15) is 13.2 Å². The number of alkyl halides is 3. The molecule has 0 aromatic rings. The number of oxime groups is 1. The van der Waals surface area contributed by atoms with Crippen molar-refractivity contribution in [2.45, 2.75) is 45.3 Å². The van der Waals surface area contributed by atoms with Gasteiger partial charge in [0.25, 0.3) is 0 Å². The normalized spacial score (nSPS) is 19.2. The van der Waals surface area contributed by atoms with Crippen molar-refractivity contribution in [3.05, 3.63) is 0 Å². The van der Waals surface area contributed by atoms with E-state index in [0.29, 0.717) is 12.5 Å². The number of halogens is 3. The average molecular weight is 281 g/mol. The van der Waals surface area contributed by atoms with Gasteiger partial charge in [-0.1, -0.05) is 19.0 Å². The van der Waals surface area contributed by atoms with Gasteiger partial charge >= 0.3 is 6.18 Å². The third kappa shape index (κ3) is 5.26. The van der Waals surface area contributed by atoms with Crippen LogP contribution in [0.2, 0.25) is 0 Å². The monoisotopic (exact) mass is 281 g/mol. The first-order chi connectivity index (χ1) is 8.75. The van der Waals surface area contributed by atoms with Gasteiger partial charge in [-0.3, -0.25) is 4.90 Å². The van der Waals surface area contributed by atoms with Gasteiger partial charge in [0.15, 0.2) is 5.84 Å². The van der Waals surface area contributed by atoms with Crippen molar-refractivity contribution in [2.24, 2.45) is 22.7 Å². The SMILES string of the molecule is CC(C)CCN(CC(C(N)=NO)C(F)(F)F)C1CC1. The number of hydrogen-bond donors (Lipinski definition) is 2. The van der Waals surface area contributed by atoms with Gasteiger partial charge in [0.2, 0.25) is 0 Å². The van der Waals surface area contributed by atoms with Crippen LogP contribution in [0.25, 0.3) is 0 Å². The average Bonchev–Trinajstić information content (AvgIpc) is 3.10. The predicted octanol–water partition coefficient (Wildman–Crippen LogP) is 2.42. The van der Waals surface area contributed by atoms with Crippen LogP contribution in [0, 0.1) is 11.8 Å².